The van der Waals surface area contributed by atoms with Gasteiger partial charge in [-0.15, -0.1) is 0 Å². The van der Waals surface area contributed by atoms with Crippen LogP contribution in [0.2, 0.25) is 0 Å². The van der Waals surface area contributed by atoms with E-state index in [1.165, 1.54) is 5.56 Å². The monoisotopic (exact) mass is 310 g/mol. The smallest absolute Gasteiger partial charge is 0.268 e. The summed E-state index contributed by atoms with van der Waals surface area (Å²) in [6.07, 6.45) is 0.355. The van der Waals surface area contributed by atoms with Gasteiger partial charge in [-0.05, 0) is 36.1 Å². The topological polar surface area (TPSA) is 55.6 Å². The number of hydrogen-bond donors (Lipinski definition) is 1. The number of nitrogen functional groups attached to an aromatic ring is 1. The van der Waals surface area contributed by atoms with Crippen molar-refractivity contribution in [1.29, 1.82) is 0 Å². The Hall–Kier alpha value is -2.49. The number of nitrogens with zero attached hydrogens (tertiary/aromatic N) is 1. The van der Waals surface area contributed by atoms with E-state index in [-0.39, 0.29) is 11.8 Å². The molecular formula is C19H22N2O2. The van der Waals surface area contributed by atoms with Crippen LogP contribution in [-0.2, 0) is 11.2 Å². The standard InChI is InChI=1S/C19H22N2O2/c1-13(2)18-19(22)21(11-10-14-6-4-3-5-7-14)16-12-15(20)8-9-17(16)23-18/h3-9,12-13,18H,10-11,20H2,1-2H3. The minimum absolute atomic E-state index is 0.00836. The van der Waals surface area contributed by atoms with E-state index in [0.29, 0.717) is 12.2 Å². The molecule has 2 aromatic rings. The Morgan fingerprint density at radius 2 is 1.91 bits per heavy atom. The number of anilines is 2. The SMILES string of the molecule is CC(C)C1Oc2ccc(N)cc2N(CCc2ccccc2)C1=O. The fraction of sp³-hybridized carbons (Fsp3) is 0.316. The third-order valence-electron chi connectivity index (χ3n) is 4.11. The van der Waals surface area contributed by atoms with Gasteiger partial charge >= 0.3 is 0 Å². The molecule has 0 bridgehead atoms. The summed E-state index contributed by atoms with van der Waals surface area (Å²) < 4.78 is 5.90. The number of fused-ring (bicyclic) bond motifs is 1. The summed E-state index contributed by atoms with van der Waals surface area (Å²) in [4.78, 5) is 14.6. The van der Waals surface area contributed by atoms with Crippen molar-refractivity contribution in [1.82, 2.24) is 0 Å². The Bertz CT molecular complexity index is 698. The second kappa shape index (κ2) is 6.32. The maximum atomic E-state index is 12.8. The third kappa shape index (κ3) is 3.16. The van der Waals surface area contributed by atoms with Crippen molar-refractivity contribution < 1.29 is 9.53 Å². The molecule has 0 aliphatic carbocycles. The molecule has 23 heavy (non-hydrogen) atoms. The molecule has 0 fully saturated rings. The van der Waals surface area contributed by atoms with Gasteiger partial charge in [-0.25, -0.2) is 0 Å². The lowest BCUT2D eigenvalue weighted by molar-refractivity contribution is -0.128. The van der Waals surface area contributed by atoms with Crippen molar-refractivity contribution in [3.63, 3.8) is 0 Å². The maximum Gasteiger partial charge on any atom is 0.268 e. The Labute approximate surface area is 136 Å². The van der Waals surface area contributed by atoms with E-state index in [0.717, 1.165) is 17.9 Å². The number of carbonyl (C=O) groups is 1. The van der Waals surface area contributed by atoms with Crippen molar-refractivity contribution in [2.45, 2.75) is 26.4 Å². The molecule has 1 amide bonds. The van der Waals surface area contributed by atoms with Crippen LogP contribution in [0.4, 0.5) is 11.4 Å². The molecule has 0 saturated heterocycles. The Balaban J connectivity index is 1.89. The van der Waals surface area contributed by atoms with E-state index in [1.54, 1.807) is 6.07 Å². The van der Waals surface area contributed by atoms with E-state index in [9.17, 15) is 4.79 Å². The van der Waals surface area contributed by atoms with E-state index >= 15 is 0 Å². The molecule has 1 atom stereocenters. The second-order valence-corrected chi connectivity index (χ2v) is 6.24. The predicted octanol–water partition coefficient (Wildman–Crippen LogP) is 3.26. The Kier molecular flexibility index (Phi) is 4.24. The van der Waals surface area contributed by atoms with Gasteiger partial charge in [0.2, 0.25) is 0 Å². The van der Waals surface area contributed by atoms with Gasteiger partial charge in [-0.1, -0.05) is 44.2 Å². The van der Waals surface area contributed by atoms with Crippen molar-refractivity contribution >= 4 is 17.3 Å². The Morgan fingerprint density at radius 3 is 2.61 bits per heavy atom. The molecule has 4 heteroatoms. The van der Waals surface area contributed by atoms with Gasteiger partial charge in [0.15, 0.2) is 6.10 Å². The van der Waals surface area contributed by atoms with E-state index in [1.807, 2.05) is 49.1 Å². The molecule has 2 N–H and O–H groups in total. The molecule has 0 spiro atoms. The minimum atomic E-state index is -0.443. The minimum Gasteiger partial charge on any atom is -0.478 e. The normalized spacial score (nSPS) is 17.1. The largest absolute Gasteiger partial charge is 0.478 e. The van der Waals surface area contributed by atoms with Crippen LogP contribution in [0.25, 0.3) is 0 Å². The summed E-state index contributed by atoms with van der Waals surface area (Å²) in [6.45, 7) is 4.62. The highest BCUT2D eigenvalue weighted by molar-refractivity contribution is 6.00. The molecule has 0 radical (unpaired) electrons. The first-order valence-corrected chi connectivity index (χ1v) is 7.98. The summed E-state index contributed by atoms with van der Waals surface area (Å²) in [5.74, 6) is 0.854. The van der Waals surface area contributed by atoms with Gasteiger partial charge in [0.25, 0.3) is 5.91 Å². The number of nitrogens with two attached hydrogens (primary N) is 1. The first-order chi connectivity index (χ1) is 11.1. The number of ether oxygens (including phenoxy) is 1. The predicted molar refractivity (Wildman–Crippen MR) is 92.6 cm³/mol. The van der Waals surface area contributed by atoms with E-state index in [4.69, 9.17) is 10.5 Å². The fourth-order valence-corrected chi connectivity index (χ4v) is 2.84. The molecular weight excluding hydrogens is 288 g/mol. The van der Waals surface area contributed by atoms with Crippen LogP contribution in [0, 0.1) is 5.92 Å². The highest BCUT2D eigenvalue weighted by Crippen LogP contribution is 2.37. The van der Waals surface area contributed by atoms with Crippen LogP contribution < -0.4 is 15.4 Å². The number of amides is 1. The lowest BCUT2D eigenvalue weighted by Crippen LogP contribution is -2.49. The van der Waals surface area contributed by atoms with Crippen LogP contribution in [0.3, 0.4) is 0 Å². The van der Waals surface area contributed by atoms with Crippen LogP contribution in [-0.4, -0.2) is 18.6 Å². The molecule has 1 unspecified atom stereocenters. The zero-order chi connectivity index (χ0) is 16.4. The number of benzene rings is 2. The average Bonchev–Trinajstić information content (AvgIpc) is 2.54. The van der Waals surface area contributed by atoms with Crippen LogP contribution in [0.5, 0.6) is 5.75 Å². The molecule has 1 heterocycles. The first kappa shape index (κ1) is 15.4. The lowest BCUT2D eigenvalue weighted by Gasteiger charge is -2.36. The van der Waals surface area contributed by atoms with Gasteiger partial charge in [0.1, 0.15) is 5.75 Å². The van der Waals surface area contributed by atoms with Crippen LogP contribution in [0.1, 0.15) is 19.4 Å². The summed E-state index contributed by atoms with van der Waals surface area (Å²) in [7, 11) is 0. The van der Waals surface area contributed by atoms with Gasteiger partial charge in [-0.3, -0.25) is 4.79 Å². The van der Waals surface area contributed by atoms with Gasteiger partial charge in [-0.2, -0.15) is 0 Å². The molecule has 4 nitrogen and oxygen atoms in total. The molecule has 120 valence electrons. The zero-order valence-electron chi connectivity index (χ0n) is 13.5. The molecule has 1 aliphatic rings. The van der Waals surface area contributed by atoms with Crippen molar-refractivity contribution in [3.05, 3.63) is 54.1 Å². The van der Waals surface area contributed by atoms with Gasteiger partial charge < -0.3 is 15.4 Å². The zero-order valence-corrected chi connectivity index (χ0v) is 13.5. The molecule has 0 saturated carbocycles. The first-order valence-electron chi connectivity index (χ1n) is 7.98. The van der Waals surface area contributed by atoms with Crippen molar-refractivity contribution in [2.75, 3.05) is 17.2 Å². The number of rotatable bonds is 4. The number of carbonyl (C=O) groups excluding carboxylic acids is 1. The third-order valence-corrected chi connectivity index (χ3v) is 4.11. The average molecular weight is 310 g/mol. The highest BCUT2D eigenvalue weighted by Gasteiger charge is 2.36. The quantitative estimate of drug-likeness (QED) is 0.882. The van der Waals surface area contributed by atoms with Crippen LogP contribution in [0.15, 0.2) is 48.5 Å². The molecule has 2 aromatic carbocycles. The summed E-state index contributed by atoms with van der Waals surface area (Å²) in [6, 6.07) is 15.6. The second-order valence-electron chi connectivity index (χ2n) is 6.24. The van der Waals surface area contributed by atoms with E-state index < -0.39 is 6.10 Å². The lowest BCUT2D eigenvalue weighted by atomic mass is 10.0. The summed E-state index contributed by atoms with van der Waals surface area (Å²) in [5.41, 5.74) is 8.50. The van der Waals surface area contributed by atoms with Gasteiger partial charge in [0, 0.05) is 12.2 Å². The number of hydrogen-bond acceptors (Lipinski definition) is 3. The van der Waals surface area contributed by atoms with Crippen molar-refractivity contribution in [2.24, 2.45) is 5.92 Å². The Morgan fingerprint density at radius 1 is 1.17 bits per heavy atom. The summed E-state index contributed by atoms with van der Waals surface area (Å²) in [5, 5.41) is 0. The summed E-state index contributed by atoms with van der Waals surface area (Å²) >= 11 is 0. The van der Waals surface area contributed by atoms with Crippen LogP contribution >= 0.6 is 0 Å². The fourth-order valence-electron chi connectivity index (χ4n) is 2.84. The van der Waals surface area contributed by atoms with E-state index in [2.05, 4.69) is 12.1 Å². The molecule has 1 aliphatic heterocycles. The highest BCUT2D eigenvalue weighted by atomic mass is 16.5. The molecule has 3 rings (SSSR count). The van der Waals surface area contributed by atoms with Crippen molar-refractivity contribution in [3.8, 4) is 5.75 Å². The maximum absolute atomic E-state index is 12.8. The van der Waals surface area contributed by atoms with Gasteiger partial charge in [0.05, 0.1) is 5.69 Å². The molecule has 0 aromatic heterocycles.